The van der Waals surface area contributed by atoms with Gasteiger partial charge < -0.3 is 19.6 Å². The Morgan fingerprint density at radius 3 is 2.42 bits per heavy atom. The first-order valence-electron chi connectivity index (χ1n) is 5.78. The van der Waals surface area contributed by atoms with E-state index >= 15 is 0 Å². The van der Waals surface area contributed by atoms with Crippen LogP contribution in [0.5, 0.6) is 11.5 Å². The number of nitrogens with zero attached hydrogens (tertiary/aromatic N) is 3. The minimum Gasteiger partial charge on any atom is -0.504 e. The summed E-state index contributed by atoms with van der Waals surface area (Å²) in [6.07, 6.45) is 0. The van der Waals surface area contributed by atoms with Gasteiger partial charge in [0.05, 0.1) is 18.1 Å². The Morgan fingerprint density at radius 2 is 1.95 bits per heavy atom. The first-order valence-corrected chi connectivity index (χ1v) is 5.78. The van der Waals surface area contributed by atoms with Crippen LogP contribution in [-0.4, -0.2) is 56.3 Å². The van der Waals surface area contributed by atoms with E-state index in [0.717, 1.165) is 12.6 Å². The van der Waals surface area contributed by atoms with E-state index in [-0.39, 0.29) is 17.2 Å². The number of anilines is 1. The van der Waals surface area contributed by atoms with Crippen molar-refractivity contribution in [2.24, 2.45) is 0 Å². The van der Waals surface area contributed by atoms with Crippen LogP contribution in [0.4, 0.5) is 11.4 Å². The summed E-state index contributed by atoms with van der Waals surface area (Å²) in [6.45, 7) is 1.39. The van der Waals surface area contributed by atoms with Crippen molar-refractivity contribution in [1.29, 1.82) is 0 Å². The van der Waals surface area contributed by atoms with Crippen LogP contribution in [0.25, 0.3) is 0 Å². The van der Waals surface area contributed by atoms with E-state index in [0.29, 0.717) is 12.2 Å². The third kappa shape index (κ3) is 3.72. The Hall–Kier alpha value is -2.02. The molecule has 0 bridgehead atoms. The molecule has 1 N–H and O–H groups in total. The highest BCUT2D eigenvalue weighted by molar-refractivity contribution is 5.69. The maximum Gasteiger partial charge on any atom is 0.296 e. The fourth-order valence-electron chi connectivity index (χ4n) is 1.63. The second-order valence-corrected chi connectivity index (χ2v) is 4.49. The molecule has 0 aliphatic carbocycles. The van der Waals surface area contributed by atoms with Crippen molar-refractivity contribution in [3.05, 3.63) is 22.2 Å². The lowest BCUT2D eigenvalue weighted by Crippen LogP contribution is -2.28. The van der Waals surface area contributed by atoms with Crippen LogP contribution in [0.3, 0.4) is 0 Å². The molecule has 19 heavy (non-hydrogen) atoms. The molecule has 0 fully saturated rings. The molecule has 0 amide bonds. The second-order valence-electron chi connectivity index (χ2n) is 4.49. The van der Waals surface area contributed by atoms with Crippen LogP contribution in [0.2, 0.25) is 0 Å². The summed E-state index contributed by atoms with van der Waals surface area (Å²) in [5.74, 6) is -0.0173. The molecule has 0 aliphatic rings. The largest absolute Gasteiger partial charge is 0.504 e. The van der Waals surface area contributed by atoms with Crippen LogP contribution in [0, 0.1) is 10.1 Å². The highest BCUT2D eigenvalue weighted by Crippen LogP contribution is 2.38. The number of nitro benzene ring substituents is 1. The normalized spacial score (nSPS) is 10.6. The first kappa shape index (κ1) is 15.0. The van der Waals surface area contributed by atoms with E-state index in [1.165, 1.54) is 13.2 Å². The van der Waals surface area contributed by atoms with Gasteiger partial charge in [-0.3, -0.25) is 10.1 Å². The Bertz CT molecular complexity index is 463. The van der Waals surface area contributed by atoms with Crippen molar-refractivity contribution in [3.8, 4) is 11.5 Å². The molecule has 0 aromatic heterocycles. The molecular formula is C12H19N3O4. The summed E-state index contributed by atoms with van der Waals surface area (Å²) in [7, 11) is 7.03. The van der Waals surface area contributed by atoms with Gasteiger partial charge >= 0.3 is 0 Å². The minimum absolute atomic E-state index is 0.139. The van der Waals surface area contributed by atoms with Crippen molar-refractivity contribution >= 4 is 11.4 Å². The third-order valence-electron chi connectivity index (χ3n) is 2.77. The molecule has 106 valence electrons. The first-order chi connectivity index (χ1) is 8.86. The topological polar surface area (TPSA) is 79.1 Å². The highest BCUT2D eigenvalue weighted by Gasteiger charge is 2.21. The van der Waals surface area contributed by atoms with Crippen molar-refractivity contribution < 1.29 is 14.8 Å². The van der Waals surface area contributed by atoms with Crippen molar-refractivity contribution in [2.45, 2.75) is 0 Å². The quantitative estimate of drug-likeness (QED) is 0.619. The number of nitro groups is 1. The summed E-state index contributed by atoms with van der Waals surface area (Å²) < 4.78 is 4.99. The predicted molar refractivity (Wildman–Crippen MR) is 73.1 cm³/mol. The fourth-order valence-corrected chi connectivity index (χ4v) is 1.63. The summed E-state index contributed by atoms with van der Waals surface area (Å²) in [4.78, 5) is 14.3. The van der Waals surface area contributed by atoms with Gasteiger partial charge in [-0.15, -0.1) is 0 Å². The fraction of sp³-hybridized carbons (Fsp3) is 0.500. The lowest BCUT2D eigenvalue weighted by Gasteiger charge is -2.22. The molecule has 0 atom stereocenters. The minimum atomic E-state index is -0.513. The zero-order valence-corrected chi connectivity index (χ0v) is 11.6. The number of phenolic OH excluding ortho intramolecular Hbond substituents is 1. The average molecular weight is 269 g/mol. The van der Waals surface area contributed by atoms with Crippen LogP contribution in [0.1, 0.15) is 0 Å². The van der Waals surface area contributed by atoms with Gasteiger partial charge in [-0.2, -0.15) is 0 Å². The molecule has 7 heteroatoms. The molecule has 1 rings (SSSR count). The van der Waals surface area contributed by atoms with Crippen molar-refractivity contribution in [3.63, 3.8) is 0 Å². The van der Waals surface area contributed by atoms with E-state index in [2.05, 4.69) is 0 Å². The lowest BCUT2D eigenvalue weighted by atomic mass is 10.2. The predicted octanol–water partition coefficient (Wildman–Crippen LogP) is 1.31. The van der Waals surface area contributed by atoms with E-state index in [1.54, 1.807) is 11.9 Å². The van der Waals surface area contributed by atoms with Crippen LogP contribution in [-0.2, 0) is 0 Å². The number of hydrogen-bond acceptors (Lipinski definition) is 6. The summed E-state index contributed by atoms with van der Waals surface area (Å²) in [5, 5.41) is 20.6. The Morgan fingerprint density at radius 1 is 1.32 bits per heavy atom. The lowest BCUT2D eigenvalue weighted by molar-refractivity contribution is -0.384. The number of benzene rings is 1. The van der Waals surface area contributed by atoms with Gasteiger partial charge in [0.2, 0.25) is 0 Å². The highest BCUT2D eigenvalue weighted by atomic mass is 16.6. The number of phenols is 1. The molecule has 7 nitrogen and oxygen atoms in total. The van der Waals surface area contributed by atoms with Gasteiger partial charge in [-0.05, 0) is 14.1 Å². The molecule has 0 spiro atoms. The summed E-state index contributed by atoms with van der Waals surface area (Å²) in [5.41, 5.74) is 0.279. The van der Waals surface area contributed by atoms with Crippen LogP contribution < -0.4 is 9.64 Å². The number of likely N-dealkylation sites (N-methyl/N-ethyl adjacent to an activating group) is 2. The van der Waals surface area contributed by atoms with Gasteiger partial charge in [0.25, 0.3) is 5.69 Å². The molecule has 0 saturated heterocycles. The third-order valence-corrected chi connectivity index (χ3v) is 2.77. The van der Waals surface area contributed by atoms with Crippen LogP contribution >= 0.6 is 0 Å². The summed E-state index contributed by atoms with van der Waals surface area (Å²) >= 11 is 0. The number of hydrogen-bond donors (Lipinski definition) is 1. The number of ether oxygens (including phenoxy) is 1. The molecule has 0 saturated carbocycles. The maximum absolute atomic E-state index is 11.0. The number of aromatic hydroxyl groups is 1. The Kier molecular flexibility index (Phi) is 4.94. The van der Waals surface area contributed by atoms with E-state index in [1.807, 2.05) is 19.0 Å². The van der Waals surface area contributed by atoms with E-state index in [9.17, 15) is 15.2 Å². The zero-order valence-electron chi connectivity index (χ0n) is 11.6. The van der Waals surface area contributed by atoms with Gasteiger partial charge in [0, 0.05) is 26.2 Å². The molecule has 0 aliphatic heterocycles. The molecule has 0 radical (unpaired) electrons. The molecule has 1 aromatic carbocycles. The van der Waals surface area contributed by atoms with E-state index in [4.69, 9.17) is 4.74 Å². The SMILES string of the molecule is COc1cc(N(C)CCN(C)C)c([N+](=O)[O-])cc1O. The molecule has 0 heterocycles. The molecule has 0 unspecified atom stereocenters. The van der Waals surface area contributed by atoms with Gasteiger partial charge in [0.1, 0.15) is 5.69 Å². The number of rotatable bonds is 6. The molecular weight excluding hydrogens is 250 g/mol. The van der Waals surface area contributed by atoms with Crippen molar-refractivity contribution in [2.75, 3.05) is 46.2 Å². The average Bonchev–Trinajstić information content (AvgIpc) is 2.35. The smallest absolute Gasteiger partial charge is 0.296 e. The Balaban J connectivity index is 3.12. The van der Waals surface area contributed by atoms with Gasteiger partial charge in [-0.1, -0.05) is 0 Å². The number of methoxy groups -OCH3 is 1. The standard InChI is InChI=1S/C12H19N3O4/c1-13(2)5-6-14(3)9-8-12(19-4)11(16)7-10(9)15(17)18/h7-8,16H,5-6H2,1-4H3. The van der Waals surface area contributed by atoms with E-state index < -0.39 is 4.92 Å². The maximum atomic E-state index is 11.0. The molecule has 1 aromatic rings. The monoisotopic (exact) mass is 269 g/mol. The zero-order chi connectivity index (χ0) is 14.6. The Labute approximate surface area is 112 Å². The van der Waals surface area contributed by atoms with Crippen LogP contribution in [0.15, 0.2) is 12.1 Å². The van der Waals surface area contributed by atoms with Crippen molar-refractivity contribution in [1.82, 2.24) is 4.90 Å². The summed E-state index contributed by atoms with van der Waals surface area (Å²) in [6, 6.07) is 2.59. The van der Waals surface area contributed by atoms with Gasteiger partial charge in [-0.25, -0.2) is 0 Å². The van der Waals surface area contributed by atoms with Gasteiger partial charge in [0.15, 0.2) is 11.5 Å². The second kappa shape index (κ2) is 6.24.